The van der Waals surface area contributed by atoms with Gasteiger partial charge in [0.15, 0.2) is 23.3 Å². The summed E-state index contributed by atoms with van der Waals surface area (Å²) >= 11 is 0. The highest BCUT2D eigenvalue weighted by atomic mass is 16.3. The summed E-state index contributed by atoms with van der Waals surface area (Å²) in [6, 6.07) is 5.64. The number of hydrogen-bond acceptors (Lipinski definition) is 12. The summed E-state index contributed by atoms with van der Waals surface area (Å²) < 4.78 is 0. The number of aromatic nitrogens is 6. The maximum absolute atomic E-state index is 12.0. The minimum atomic E-state index is -0.833. The van der Waals surface area contributed by atoms with Crippen molar-refractivity contribution in [3.8, 4) is 0 Å². The Morgan fingerprint density at radius 2 is 1.00 bits per heavy atom. The van der Waals surface area contributed by atoms with Crippen molar-refractivity contribution in [1.29, 1.82) is 0 Å². The molecular weight excluding hydrogens is 392 g/mol. The lowest BCUT2D eigenvalue weighted by Gasteiger charge is -2.10. The van der Waals surface area contributed by atoms with Crippen LogP contribution >= 0.6 is 0 Å². The molecule has 0 aromatic carbocycles. The van der Waals surface area contributed by atoms with Gasteiger partial charge in [0.05, 0.1) is 11.4 Å². The SMILES string of the molecule is NC(=NN=C([O-])c1ccc(C([O-])=NN=C(N)c2ncccn2)nn1)c1ncccn1. The van der Waals surface area contributed by atoms with E-state index >= 15 is 0 Å². The first-order valence-electron chi connectivity index (χ1n) is 8.10. The molecule has 30 heavy (non-hydrogen) atoms. The van der Waals surface area contributed by atoms with E-state index in [9.17, 15) is 10.2 Å². The van der Waals surface area contributed by atoms with Crippen molar-refractivity contribution in [3.63, 3.8) is 0 Å². The lowest BCUT2D eigenvalue weighted by Crippen LogP contribution is -2.25. The van der Waals surface area contributed by atoms with Gasteiger partial charge in [0.25, 0.3) is 0 Å². The van der Waals surface area contributed by atoms with Crippen LogP contribution in [0.1, 0.15) is 23.0 Å². The lowest BCUT2D eigenvalue weighted by atomic mass is 10.3. The summed E-state index contributed by atoms with van der Waals surface area (Å²) in [4.78, 5) is 15.5. The van der Waals surface area contributed by atoms with E-state index in [-0.39, 0.29) is 34.7 Å². The van der Waals surface area contributed by atoms with Crippen molar-refractivity contribution in [2.75, 3.05) is 0 Å². The molecule has 14 heteroatoms. The second kappa shape index (κ2) is 9.36. The van der Waals surface area contributed by atoms with Gasteiger partial charge in [0.2, 0.25) is 0 Å². The van der Waals surface area contributed by atoms with Crippen molar-refractivity contribution in [2.45, 2.75) is 0 Å². The van der Waals surface area contributed by atoms with Crippen LogP contribution in [0.2, 0.25) is 0 Å². The Morgan fingerprint density at radius 3 is 1.33 bits per heavy atom. The van der Waals surface area contributed by atoms with Gasteiger partial charge in [-0.1, -0.05) is 0 Å². The zero-order valence-electron chi connectivity index (χ0n) is 15.1. The molecule has 3 aromatic heterocycles. The molecule has 0 saturated carbocycles. The van der Waals surface area contributed by atoms with E-state index in [2.05, 4.69) is 50.5 Å². The molecule has 0 aliphatic carbocycles. The second-order valence-electron chi connectivity index (χ2n) is 5.23. The Hall–Kier alpha value is -4.88. The molecule has 4 N–H and O–H groups in total. The van der Waals surface area contributed by atoms with Crippen molar-refractivity contribution in [1.82, 2.24) is 30.1 Å². The summed E-state index contributed by atoms with van der Waals surface area (Å²) in [6.45, 7) is 0. The van der Waals surface area contributed by atoms with Crippen LogP contribution in [0.5, 0.6) is 0 Å². The fourth-order valence-corrected chi connectivity index (χ4v) is 1.81. The molecule has 0 spiro atoms. The molecule has 0 bridgehead atoms. The van der Waals surface area contributed by atoms with Gasteiger partial charge in [0.1, 0.15) is 0 Å². The molecule has 150 valence electrons. The molecule has 0 aliphatic heterocycles. The topological polar surface area (TPSA) is 225 Å². The van der Waals surface area contributed by atoms with Crippen LogP contribution < -0.4 is 21.7 Å². The van der Waals surface area contributed by atoms with Gasteiger partial charge in [-0.15, -0.1) is 20.4 Å². The average molecular weight is 404 g/mol. The first-order chi connectivity index (χ1) is 14.5. The Labute approximate surface area is 168 Å². The Balaban J connectivity index is 1.72. The number of amidine groups is 2. The Kier molecular flexibility index (Phi) is 6.20. The number of nitrogens with zero attached hydrogens (tertiary/aromatic N) is 10. The van der Waals surface area contributed by atoms with E-state index in [1.807, 2.05) is 0 Å². The second-order valence-corrected chi connectivity index (χ2v) is 5.23. The summed E-state index contributed by atoms with van der Waals surface area (Å²) in [5.41, 5.74) is 10.9. The van der Waals surface area contributed by atoms with Crippen LogP contribution in [0.15, 0.2) is 69.5 Å². The molecule has 0 aliphatic rings. The molecular formula is C16H12N12O2-2. The van der Waals surface area contributed by atoms with Crippen LogP contribution in [0.3, 0.4) is 0 Å². The van der Waals surface area contributed by atoms with E-state index in [0.29, 0.717) is 0 Å². The minimum absolute atomic E-state index is 0.114. The highest BCUT2D eigenvalue weighted by molar-refractivity contribution is 5.96. The lowest BCUT2D eigenvalue weighted by molar-refractivity contribution is -0.215. The monoisotopic (exact) mass is 404 g/mol. The number of nitrogens with two attached hydrogens (primary N) is 2. The zero-order chi connectivity index (χ0) is 21.3. The predicted octanol–water partition coefficient (Wildman–Crippen LogP) is -3.09. The fraction of sp³-hybridized carbons (Fsp3) is 0. The smallest absolute Gasteiger partial charge is 0.196 e. The van der Waals surface area contributed by atoms with Crippen molar-refractivity contribution in [2.24, 2.45) is 31.9 Å². The van der Waals surface area contributed by atoms with Crippen LogP contribution in [0, 0.1) is 0 Å². The summed E-state index contributed by atoms with van der Waals surface area (Å²) in [5, 5.41) is 45.2. The van der Waals surface area contributed by atoms with Crippen LogP contribution in [0.4, 0.5) is 0 Å². The third kappa shape index (κ3) is 5.10. The van der Waals surface area contributed by atoms with Crippen molar-refractivity contribution >= 4 is 23.5 Å². The molecule has 0 unspecified atom stereocenters. The van der Waals surface area contributed by atoms with Gasteiger partial charge in [-0.2, -0.15) is 10.2 Å². The van der Waals surface area contributed by atoms with Crippen molar-refractivity contribution < 1.29 is 10.2 Å². The maximum Gasteiger partial charge on any atom is 0.196 e. The van der Waals surface area contributed by atoms with E-state index in [1.54, 1.807) is 12.1 Å². The van der Waals surface area contributed by atoms with Crippen LogP contribution in [-0.4, -0.2) is 53.6 Å². The minimum Gasteiger partial charge on any atom is -0.856 e. The summed E-state index contributed by atoms with van der Waals surface area (Å²) in [7, 11) is 0. The van der Waals surface area contributed by atoms with Gasteiger partial charge in [0, 0.05) is 36.6 Å². The highest BCUT2D eigenvalue weighted by Crippen LogP contribution is 1.98. The Morgan fingerprint density at radius 1 is 0.633 bits per heavy atom. The average Bonchev–Trinajstić information content (AvgIpc) is 2.81. The maximum atomic E-state index is 12.0. The molecule has 0 atom stereocenters. The van der Waals surface area contributed by atoms with E-state index < -0.39 is 11.8 Å². The van der Waals surface area contributed by atoms with Crippen molar-refractivity contribution in [3.05, 3.63) is 72.1 Å². The van der Waals surface area contributed by atoms with Crippen LogP contribution in [0.25, 0.3) is 0 Å². The summed E-state index contributed by atoms with van der Waals surface area (Å²) in [6.07, 6.45) is 5.85. The van der Waals surface area contributed by atoms with E-state index in [4.69, 9.17) is 11.5 Å². The van der Waals surface area contributed by atoms with Crippen LogP contribution in [-0.2, 0) is 0 Å². The normalized spacial score (nSPS) is 13.3. The van der Waals surface area contributed by atoms with Gasteiger partial charge in [-0.05, 0) is 24.3 Å². The van der Waals surface area contributed by atoms with Gasteiger partial charge < -0.3 is 21.7 Å². The molecule has 14 nitrogen and oxygen atoms in total. The van der Waals surface area contributed by atoms with E-state index in [0.717, 1.165) is 0 Å². The molecule has 0 saturated heterocycles. The third-order valence-electron chi connectivity index (χ3n) is 3.19. The third-order valence-corrected chi connectivity index (χ3v) is 3.19. The fourth-order valence-electron chi connectivity index (χ4n) is 1.81. The molecule has 3 aromatic rings. The standard InChI is InChI=1S/C16H14N12O2/c17-11(13-19-5-1-6-20-13)25-27-15(29)9-3-4-10(24-23-9)16(30)28-26-12(18)14-21-7-2-8-22-14/h1-8H,(H2,17,25)(H2,18,26)(H,27,29)(H,28,30)/p-2. The van der Waals surface area contributed by atoms with E-state index in [1.165, 1.54) is 36.9 Å². The first kappa shape index (κ1) is 19.9. The predicted molar refractivity (Wildman–Crippen MR) is 101 cm³/mol. The molecule has 0 radical (unpaired) electrons. The largest absolute Gasteiger partial charge is 0.856 e. The highest BCUT2D eigenvalue weighted by Gasteiger charge is 2.02. The van der Waals surface area contributed by atoms with Gasteiger partial charge in [-0.25, -0.2) is 19.9 Å². The first-order valence-corrected chi connectivity index (χ1v) is 8.10. The van der Waals surface area contributed by atoms with Gasteiger partial charge >= 0.3 is 0 Å². The quantitative estimate of drug-likeness (QED) is 0.239. The zero-order valence-corrected chi connectivity index (χ0v) is 15.1. The molecule has 3 heterocycles. The summed E-state index contributed by atoms with van der Waals surface area (Å²) in [5.74, 6) is -1.74. The molecule has 0 fully saturated rings. The molecule has 0 amide bonds. The number of hydrogen-bond donors (Lipinski definition) is 2. The number of rotatable bonds is 6. The van der Waals surface area contributed by atoms with Gasteiger partial charge in [-0.3, -0.25) is 0 Å². The Bertz CT molecular complexity index is 1020. The molecule has 3 rings (SSSR count).